The molecule has 0 fully saturated rings. The summed E-state index contributed by atoms with van der Waals surface area (Å²) in [5, 5.41) is 6.74. The van der Waals surface area contributed by atoms with E-state index in [9.17, 15) is 13.6 Å². The molecule has 0 unspecified atom stereocenters. The van der Waals surface area contributed by atoms with Crippen molar-refractivity contribution in [2.75, 3.05) is 5.32 Å². The lowest BCUT2D eigenvalue weighted by Crippen LogP contribution is -2.14. The van der Waals surface area contributed by atoms with Crippen molar-refractivity contribution in [1.29, 1.82) is 0 Å². The Morgan fingerprint density at radius 3 is 2.52 bits per heavy atom. The van der Waals surface area contributed by atoms with Gasteiger partial charge in [-0.3, -0.25) is 4.79 Å². The van der Waals surface area contributed by atoms with E-state index >= 15 is 0 Å². The molecule has 0 bridgehead atoms. The van der Waals surface area contributed by atoms with Crippen LogP contribution >= 0.6 is 11.6 Å². The number of hydrogen-bond donors (Lipinski definition) is 1. The number of amides is 1. The Balaban J connectivity index is 1.79. The largest absolute Gasteiger partial charge is 0.318 e. The van der Waals surface area contributed by atoms with E-state index in [0.29, 0.717) is 5.69 Å². The molecule has 1 heterocycles. The summed E-state index contributed by atoms with van der Waals surface area (Å²) in [7, 11) is 0. The molecule has 2 aromatic carbocycles. The van der Waals surface area contributed by atoms with Gasteiger partial charge in [-0.15, -0.1) is 0 Å². The molecule has 7 heteroatoms. The van der Waals surface area contributed by atoms with Gasteiger partial charge < -0.3 is 5.32 Å². The molecule has 0 atom stereocenters. The normalized spacial score (nSPS) is 10.6. The zero-order valence-electron chi connectivity index (χ0n) is 11.6. The number of nitrogens with one attached hydrogen (secondary N) is 1. The van der Waals surface area contributed by atoms with Crippen molar-refractivity contribution in [3.05, 3.63) is 77.1 Å². The van der Waals surface area contributed by atoms with Crippen LogP contribution in [0.15, 0.2) is 54.7 Å². The third-order valence-electron chi connectivity index (χ3n) is 3.09. The van der Waals surface area contributed by atoms with E-state index < -0.39 is 11.7 Å². The Hall–Kier alpha value is -2.73. The van der Waals surface area contributed by atoms with Crippen LogP contribution in [-0.2, 0) is 0 Å². The van der Waals surface area contributed by atoms with Crippen molar-refractivity contribution in [1.82, 2.24) is 9.78 Å². The molecule has 1 aromatic heterocycles. The third kappa shape index (κ3) is 3.37. The molecule has 1 N–H and O–H groups in total. The van der Waals surface area contributed by atoms with Crippen molar-refractivity contribution in [2.45, 2.75) is 0 Å². The molecule has 3 rings (SSSR count). The Morgan fingerprint density at radius 2 is 1.83 bits per heavy atom. The first kappa shape index (κ1) is 15.2. The van der Waals surface area contributed by atoms with Crippen molar-refractivity contribution < 1.29 is 13.6 Å². The van der Waals surface area contributed by atoms with Gasteiger partial charge in [0, 0.05) is 11.2 Å². The summed E-state index contributed by atoms with van der Waals surface area (Å²) >= 11 is 5.66. The summed E-state index contributed by atoms with van der Waals surface area (Å²) in [6.45, 7) is 0. The van der Waals surface area contributed by atoms with Gasteiger partial charge in [0.1, 0.15) is 11.6 Å². The Bertz CT molecular complexity index is 862. The van der Waals surface area contributed by atoms with Gasteiger partial charge in [-0.1, -0.05) is 11.6 Å². The Kier molecular flexibility index (Phi) is 4.08. The molecular formula is C16H10ClF2N3O. The molecule has 23 heavy (non-hydrogen) atoms. The van der Waals surface area contributed by atoms with Crippen LogP contribution in [0.25, 0.3) is 5.69 Å². The van der Waals surface area contributed by atoms with E-state index in [1.54, 1.807) is 6.20 Å². The lowest BCUT2D eigenvalue weighted by Gasteiger charge is -2.05. The van der Waals surface area contributed by atoms with Crippen molar-refractivity contribution in [3.8, 4) is 5.69 Å². The number of carbonyl (C=O) groups is 1. The first-order valence-corrected chi connectivity index (χ1v) is 6.99. The fraction of sp³-hybridized carbons (Fsp3) is 0. The number of anilines is 1. The second-order valence-corrected chi connectivity index (χ2v) is 5.14. The van der Waals surface area contributed by atoms with Crippen LogP contribution in [0.2, 0.25) is 5.02 Å². The zero-order valence-corrected chi connectivity index (χ0v) is 12.4. The first-order chi connectivity index (χ1) is 11.0. The quantitative estimate of drug-likeness (QED) is 0.785. The topological polar surface area (TPSA) is 46.9 Å². The zero-order chi connectivity index (χ0) is 16.4. The minimum absolute atomic E-state index is 0.00994. The first-order valence-electron chi connectivity index (χ1n) is 6.61. The van der Waals surface area contributed by atoms with Crippen LogP contribution in [-0.4, -0.2) is 15.7 Å². The van der Waals surface area contributed by atoms with Crippen molar-refractivity contribution in [2.24, 2.45) is 0 Å². The number of carbonyl (C=O) groups excluding carboxylic acids is 1. The van der Waals surface area contributed by atoms with Crippen LogP contribution in [0.1, 0.15) is 10.5 Å². The fourth-order valence-corrected chi connectivity index (χ4v) is 2.12. The smallest absolute Gasteiger partial charge is 0.276 e. The summed E-state index contributed by atoms with van der Waals surface area (Å²) < 4.78 is 28.0. The van der Waals surface area contributed by atoms with Crippen molar-refractivity contribution >= 4 is 23.2 Å². The second-order valence-electron chi connectivity index (χ2n) is 4.70. The van der Waals surface area contributed by atoms with Gasteiger partial charge in [0.2, 0.25) is 0 Å². The van der Waals surface area contributed by atoms with Crippen LogP contribution in [0.3, 0.4) is 0 Å². The SMILES string of the molecule is O=C(Nc1ccc(Cl)cc1F)c1ccn(-c2ccc(F)cc2)n1. The maximum Gasteiger partial charge on any atom is 0.276 e. The summed E-state index contributed by atoms with van der Waals surface area (Å²) in [6, 6.07) is 11.1. The van der Waals surface area contributed by atoms with E-state index in [2.05, 4.69) is 10.4 Å². The monoisotopic (exact) mass is 333 g/mol. The van der Waals surface area contributed by atoms with Crippen molar-refractivity contribution in [3.63, 3.8) is 0 Å². The van der Waals surface area contributed by atoms with Crippen LogP contribution < -0.4 is 5.32 Å². The molecular weight excluding hydrogens is 324 g/mol. The van der Waals surface area contributed by atoms with E-state index in [0.717, 1.165) is 6.07 Å². The summed E-state index contributed by atoms with van der Waals surface area (Å²) in [6.07, 6.45) is 1.56. The molecule has 0 radical (unpaired) electrons. The van der Waals surface area contributed by atoms with E-state index in [-0.39, 0.29) is 22.2 Å². The fourth-order valence-electron chi connectivity index (χ4n) is 1.96. The third-order valence-corrected chi connectivity index (χ3v) is 3.33. The predicted octanol–water partition coefficient (Wildman–Crippen LogP) is 4.06. The van der Waals surface area contributed by atoms with Gasteiger partial charge >= 0.3 is 0 Å². The molecule has 3 aromatic rings. The number of halogens is 3. The molecule has 0 spiro atoms. The number of aromatic nitrogens is 2. The number of rotatable bonds is 3. The summed E-state index contributed by atoms with van der Waals surface area (Å²) in [4.78, 5) is 12.1. The highest BCUT2D eigenvalue weighted by atomic mass is 35.5. The van der Waals surface area contributed by atoms with Gasteiger partial charge in [-0.05, 0) is 48.5 Å². The summed E-state index contributed by atoms with van der Waals surface area (Å²) in [5.41, 5.74) is 0.711. The van der Waals surface area contributed by atoms with Crippen LogP contribution in [0.5, 0.6) is 0 Å². The maximum absolute atomic E-state index is 13.7. The standard InChI is InChI=1S/C16H10ClF2N3O/c17-10-1-6-14(13(19)9-10)20-16(23)15-7-8-22(21-15)12-4-2-11(18)3-5-12/h1-9H,(H,20,23). The van der Waals surface area contributed by atoms with Gasteiger partial charge in [-0.25, -0.2) is 13.5 Å². The molecule has 0 saturated carbocycles. The second kappa shape index (κ2) is 6.18. The molecule has 4 nitrogen and oxygen atoms in total. The van der Waals surface area contributed by atoms with Gasteiger partial charge in [0.05, 0.1) is 11.4 Å². The average molecular weight is 334 g/mol. The summed E-state index contributed by atoms with van der Waals surface area (Å²) in [5.74, 6) is -1.56. The highest BCUT2D eigenvalue weighted by Gasteiger charge is 2.13. The van der Waals surface area contributed by atoms with Crippen LogP contribution in [0, 0.1) is 11.6 Å². The average Bonchev–Trinajstić information content (AvgIpc) is 3.01. The minimum Gasteiger partial charge on any atom is -0.318 e. The molecule has 1 amide bonds. The van der Waals surface area contributed by atoms with E-state index in [1.165, 1.54) is 47.1 Å². The Labute approximate surface area is 135 Å². The highest BCUT2D eigenvalue weighted by molar-refractivity contribution is 6.30. The van der Waals surface area contributed by atoms with E-state index in [1.807, 2.05) is 0 Å². The Morgan fingerprint density at radius 1 is 1.09 bits per heavy atom. The molecule has 0 aliphatic rings. The minimum atomic E-state index is -0.635. The number of nitrogens with zero attached hydrogens (tertiary/aromatic N) is 2. The number of benzene rings is 2. The van der Waals surface area contributed by atoms with Crippen LogP contribution in [0.4, 0.5) is 14.5 Å². The molecule has 0 aliphatic carbocycles. The van der Waals surface area contributed by atoms with Gasteiger partial charge in [-0.2, -0.15) is 5.10 Å². The maximum atomic E-state index is 13.7. The number of hydrogen-bond acceptors (Lipinski definition) is 2. The molecule has 0 saturated heterocycles. The molecule has 0 aliphatic heterocycles. The lowest BCUT2D eigenvalue weighted by atomic mass is 10.3. The van der Waals surface area contributed by atoms with Gasteiger partial charge in [0.25, 0.3) is 5.91 Å². The lowest BCUT2D eigenvalue weighted by molar-refractivity contribution is 0.102. The highest BCUT2D eigenvalue weighted by Crippen LogP contribution is 2.19. The van der Waals surface area contributed by atoms with E-state index in [4.69, 9.17) is 11.6 Å². The van der Waals surface area contributed by atoms with Gasteiger partial charge in [0.15, 0.2) is 5.69 Å². The molecule has 116 valence electrons. The predicted molar refractivity (Wildman–Crippen MR) is 82.9 cm³/mol.